The van der Waals surface area contributed by atoms with Gasteiger partial charge in [0.05, 0.1) is 0 Å². The van der Waals surface area contributed by atoms with Crippen LogP contribution in [0, 0.1) is 6.92 Å². The van der Waals surface area contributed by atoms with Crippen LogP contribution >= 0.6 is 0 Å². The van der Waals surface area contributed by atoms with Gasteiger partial charge in [-0.05, 0) is 24.6 Å². The number of phenolic OH excluding ortho intramolecular Hbond substituents is 1. The summed E-state index contributed by atoms with van der Waals surface area (Å²) in [5.41, 5.74) is 1.09. The largest absolute Gasteiger partial charge is 0.508 e. The Morgan fingerprint density at radius 3 is 2.33 bits per heavy atom. The molecular weight excluding hydrogens is 148 g/mol. The molecule has 0 amide bonds. The number of phenols is 1. The van der Waals surface area contributed by atoms with E-state index in [1.165, 1.54) is 0 Å². The van der Waals surface area contributed by atoms with E-state index in [9.17, 15) is 0 Å². The molecule has 0 aliphatic carbocycles. The summed E-state index contributed by atoms with van der Waals surface area (Å²) >= 11 is 0. The molecule has 0 radical (unpaired) electrons. The quantitative estimate of drug-likeness (QED) is 0.566. The van der Waals surface area contributed by atoms with Gasteiger partial charge in [-0.2, -0.15) is 0 Å². The van der Waals surface area contributed by atoms with Gasteiger partial charge in [0.1, 0.15) is 5.75 Å². The minimum absolute atomic E-state index is 0. The molecule has 0 aliphatic heterocycles. The van der Waals surface area contributed by atoms with Gasteiger partial charge in [0.25, 0.3) is 0 Å². The fraction of sp³-hybridized carbons (Fsp3) is 0.143. The monoisotopic (exact) mass is 156 g/mol. The van der Waals surface area contributed by atoms with E-state index in [4.69, 9.17) is 5.11 Å². The predicted molar refractivity (Wildman–Crippen MR) is 32.8 cm³/mol. The van der Waals surface area contributed by atoms with Crippen molar-refractivity contribution in [2.75, 3.05) is 0 Å². The van der Waals surface area contributed by atoms with E-state index in [0.717, 1.165) is 5.56 Å². The standard InChI is InChI=1S/C7H8O.Ti/c1-6-3-2-4-7(8)5-6;/h2-5,8H,1H3;. The van der Waals surface area contributed by atoms with Crippen LogP contribution in [0.3, 0.4) is 0 Å². The molecule has 0 atom stereocenters. The van der Waals surface area contributed by atoms with E-state index in [-0.39, 0.29) is 21.7 Å². The van der Waals surface area contributed by atoms with Crippen LogP contribution in [0.4, 0.5) is 0 Å². The fourth-order valence-electron chi connectivity index (χ4n) is 0.628. The summed E-state index contributed by atoms with van der Waals surface area (Å²) in [5.74, 6) is 0.338. The molecule has 0 aliphatic rings. The minimum Gasteiger partial charge on any atom is -0.508 e. The van der Waals surface area contributed by atoms with Crippen molar-refractivity contribution < 1.29 is 26.8 Å². The molecule has 0 saturated heterocycles. The van der Waals surface area contributed by atoms with Gasteiger partial charge < -0.3 is 5.11 Å². The molecule has 1 N–H and O–H groups in total. The summed E-state index contributed by atoms with van der Waals surface area (Å²) < 4.78 is 0. The molecule has 0 heterocycles. The number of hydrogen-bond donors (Lipinski definition) is 1. The van der Waals surface area contributed by atoms with E-state index in [2.05, 4.69) is 0 Å². The van der Waals surface area contributed by atoms with Crippen LogP contribution in [-0.4, -0.2) is 5.11 Å². The maximum absolute atomic E-state index is 8.81. The molecule has 0 bridgehead atoms. The third-order valence-electron chi connectivity index (χ3n) is 1.00. The summed E-state index contributed by atoms with van der Waals surface area (Å²) in [7, 11) is 0. The Balaban J connectivity index is 0.000000640. The van der Waals surface area contributed by atoms with E-state index >= 15 is 0 Å². The number of aromatic hydroxyl groups is 1. The number of aryl methyl sites for hydroxylation is 1. The Kier molecular flexibility index (Phi) is 3.59. The molecule has 0 unspecified atom stereocenters. The summed E-state index contributed by atoms with van der Waals surface area (Å²) in [4.78, 5) is 0. The van der Waals surface area contributed by atoms with Crippen molar-refractivity contribution in [1.29, 1.82) is 0 Å². The topological polar surface area (TPSA) is 20.2 Å². The maximum Gasteiger partial charge on any atom is 0.115 e. The summed E-state index contributed by atoms with van der Waals surface area (Å²) in [5, 5.41) is 8.81. The zero-order chi connectivity index (χ0) is 5.98. The molecule has 0 aromatic heterocycles. The van der Waals surface area contributed by atoms with Crippen molar-refractivity contribution in [2.24, 2.45) is 0 Å². The van der Waals surface area contributed by atoms with E-state index in [0.29, 0.717) is 5.75 Å². The average Bonchev–Trinajstić information content (AvgIpc) is 1.64. The fourth-order valence-corrected chi connectivity index (χ4v) is 0.628. The molecule has 1 aromatic rings. The van der Waals surface area contributed by atoms with Crippen molar-refractivity contribution in [3.63, 3.8) is 0 Å². The molecule has 0 fully saturated rings. The van der Waals surface area contributed by atoms with Gasteiger partial charge in [-0.1, -0.05) is 12.1 Å². The molecule has 46 valence electrons. The molecule has 1 aromatic carbocycles. The molecule has 9 heavy (non-hydrogen) atoms. The smallest absolute Gasteiger partial charge is 0.115 e. The van der Waals surface area contributed by atoms with E-state index in [1.807, 2.05) is 19.1 Å². The number of benzene rings is 1. The van der Waals surface area contributed by atoms with Crippen LogP contribution in [0.5, 0.6) is 5.75 Å². The minimum atomic E-state index is 0. The van der Waals surface area contributed by atoms with Crippen LogP contribution in [0.1, 0.15) is 5.56 Å². The Labute approximate surface area is 69.6 Å². The normalized spacial score (nSPS) is 8.11. The first-order valence-corrected chi connectivity index (χ1v) is 2.54. The van der Waals surface area contributed by atoms with Gasteiger partial charge in [0.15, 0.2) is 0 Å². The summed E-state index contributed by atoms with van der Waals surface area (Å²) in [6.45, 7) is 1.94. The van der Waals surface area contributed by atoms with Crippen molar-refractivity contribution in [3.05, 3.63) is 29.8 Å². The van der Waals surface area contributed by atoms with Gasteiger partial charge in [0.2, 0.25) is 0 Å². The zero-order valence-corrected chi connectivity index (χ0v) is 6.82. The SMILES string of the molecule is Cc1cccc(O)c1.[Ti]. The van der Waals surface area contributed by atoms with Crippen molar-refractivity contribution in [1.82, 2.24) is 0 Å². The molecule has 2 heteroatoms. The van der Waals surface area contributed by atoms with Crippen LogP contribution in [0.25, 0.3) is 0 Å². The maximum atomic E-state index is 8.81. The first-order valence-electron chi connectivity index (χ1n) is 2.54. The molecule has 0 spiro atoms. The predicted octanol–water partition coefficient (Wildman–Crippen LogP) is 1.70. The molecule has 1 nitrogen and oxygen atoms in total. The van der Waals surface area contributed by atoms with Crippen molar-refractivity contribution in [2.45, 2.75) is 6.92 Å². The van der Waals surface area contributed by atoms with Crippen molar-refractivity contribution >= 4 is 0 Å². The van der Waals surface area contributed by atoms with Crippen LogP contribution in [0.15, 0.2) is 24.3 Å². The van der Waals surface area contributed by atoms with Gasteiger partial charge in [-0.3, -0.25) is 0 Å². The van der Waals surface area contributed by atoms with Gasteiger partial charge in [-0.25, -0.2) is 0 Å². The zero-order valence-electron chi connectivity index (χ0n) is 5.26. The van der Waals surface area contributed by atoms with Gasteiger partial charge in [0, 0.05) is 21.7 Å². The van der Waals surface area contributed by atoms with E-state index in [1.54, 1.807) is 12.1 Å². The Hall–Kier alpha value is -0.266. The second kappa shape index (κ2) is 3.70. The Morgan fingerprint density at radius 1 is 1.33 bits per heavy atom. The molecular formula is C7H8OTi. The van der Waals surface area contributed by atoms with Crippen LogP contribution in [-0.2, 0) is 21.7 Å². The van der Waals surface area contributed by atoms with Gasteiger partial charge in [-0.15, -0.1) is 0 Å². The third kappa shape index (κ3) is 2.68. The van der Waals surface area contributed by atoms with E-state index < -0.39 is 0 Å². The van der Waals surface area contributed by atoms with Crippen LogP contribution in [0.2, 0.25) is 0 Å². The van der Waals surface area contributed by atoms with Crippen molar-refractivity contribution in [3.8, 4) is 5.75 Å². The first-order chi connectivity index (χ1) is 3.79. The second-order valence-electron chi connectivity index (χ2n) is 1.84. The summed E-state index contributed by atoms with van der Waals surface area (Å²) in [6, 6.07) is 7.15. The average molecular weight is 156 g/mol. The summed E-state index contributed by atoms with van der Waals surface area (Å²) in [6.07, 6.45) is 0. The second-order valence-corrected chi connectivity index (χ2v) is 1.84. The molecule has 1 rings (SSSR count). The first kappa shape index (κ1) is 8.73. The molecule has 0 saturated carbocycles. The number of hydrogen-bond acceptors (Lipinski definition) is 1. The van der Waals surface area contributed by atoms with Crippen LogP contribution < -0.4 is 0 Å². The Morgan fingerprint density at radius 2 is 2.00 bits per heavy atom. The van der Waals surface area contributed by atoms with Gasteiger partial charge >= 0.3 is 0 Å². The Bertz CT molecular complexity index is 169. The number of rotatable bonds is 0. The third-order valence-corrected chi connectivity index (χ3v) is 1.00.